The Morgan fingerprint density at radius 2 is 1.88 bits per heavy atom. The molecule has 25 heavy (non-hydrogen) atoms. The maximum atomic E-state index is 12.6. The summed E-state index contributed by atoms with van der Waals surface area (Å²) in [7, 11) is 0. The van der Waals surface area contributed by atoms with Gasteiger partial charge in [-0.05, 0) is 49.0 Å². The van der Waals surface area contributed by atoms with Crippen LogP contribution in [-0.4, -0.2) is 21.1 Å². The van der Waals surface area contributed by atoms with Gasteiger partial charge in [0.15, 0.2) is 5.82 Å². The molecule has 0 radical (unpaired) electrons. The molecule has 3 rings (SSSR count). The van der Waals surface area contributed by atoms with Gasteiger partial charge >= 0.3 is 0 Å². The van der Waals surface area contributed by atoms with E-state index in [4.69, 9.17) is 23.8 Å². The van der Waals surface area contributed by atoms with Gasteiger partial charge in [0.05, 0.1) is 5.70 Å². The van der Waals surface area contributed by atoms with Gasteiger partial charge in [0.2, 0.25) is 4.77 Å². The van der Waals surface area contributed by atoms with Crippen LogP contribution in [0.4, 0.5) is 0 Å². The number of amides is 1. The number of hydrogen-bond acceptors (Lipinski definition) is 3. The summed E-state index contributed by atoms with van der Waals surface area (Å²) in [6.45, 7) is 1.97. The summed E-state index contributed by atoms with van der Waals surface area (Å²) in [6, 6.07) is 14.6. The molecule has 0 aliphatic rings. The van der Waals surface area contributed by atoms with E-state index < -0.39 is 0 Å². The summed E-state index contributed by atoms with van der Waals surface area (Å²) >= 11 is 11.2. The molecular weight excluding hydrogens is 356 g/mol. The third-order valence-corrected chi connectivity index (χ3v) is 4.06. The molecule has 3 N–H and O–H groups in total. The van der Waals surface area contributed by atoms with Crippen LogP contribution in [0.1, 0.15) is 27.3 Å². The first-order valence-corrected chi connectivity index (χ1v) is 8.31. The van der Waals surface area contributed by atoms with E-state index in [9.17, 15) is 4.79 Å². The van der Waals surface area contributed by atoms with Crippen molar-refractivity contribution >= 4 is 41.5 Å². The van der Waals surface area contributed by atoms with Gasteiger partial charge in [-0.2, -0.15) is 4.98 Å². The van der Waals surface area contributed by atoms with E-state index in [0.29, 0.717) is 26.9 Å². The van der Waals surface area contributed by atoms with Crippen molar-refractivity contribution in [1.29, 1.82) is 0 Å². The Hall–Kier alpha value is -2.70. The third kappa shape index (κ3) is 4.23. The molecule has 0 spiro atoms. The predicted octanol–water partition coefficient (Wildman–Crippen LogP) is 4.36. The van der Waals surface area contributed by atoms with E-state index in [1.165, 1.54) is 0 Å². The number of rotatable bonds is 4. The standard InChI is InChI=1S/C18H15ClN4OS/c1-11-6-8-12(9-7-11)17(24)20-15(16-21-18(25)23-22-16)10-13-4-2-3-5-14(13)19/h2-10H,1H3,(H,20,24)(H2,21,22,23,25). The molecule has 0 aliphatic heterocycles. The summed E-state index contributed by atoms with van der Waals surface area (Å²) < 4.78 is 0.296. The molecule has 0 atom stereocenters. The van der Waals surface area contributed by atoms with Gasteiger partial charge in [-0.15, -0.1) is 0 Å². The van der Waals surface area contributed by atoms with E-state index in [0.717, 1.165) is 11.1 Å². The quantitative estimate of drug-likeness (QED) is 0.597. The van der Waals surface area contributed by atoms with Crippen molar-refractivity contribution in [2.24, 2.45) is 0 Å². The topological polar surface area (TPSA) is 73.6 Å². The van der Waals surface area contributed by atoms with Crippen molar-refractivity contribution in [2.45, 2.75) is 6.92 Å². The summed E-state index contributed by atoms with van der Waals surface area (Å²) in [5, 5.41) is 9.00. The average Bonchev–Trinajstić information content (AvgIpc) is 3.03. The highest BCUT2D eigenvalue weighted by Gasteiger charge is 2.12. The van der Waals surface area contributed by atoms with Crippen LogP contribution in [0.15, 0.2) is 48.5 Å². The van der Waals surface area contributed by atoms with Gasteiger partial charge in [0.1, 0.15) is 0 Å². The Morgan fingerprint density at radius 3 is 2.52 bits per heavy atom. The molecule has 126 valence electrons. The van der Waals surface area contributed by atoms with E-state index in [2.05, 4.69) is 20.5 Å². The van der Waals surface area contributed by atoms with Crippen LogP contribution in [0.2, 0.25) is 5.02 Å². The van der Waals surface area contributed by atoms with Gasteiger partial charge in [-0.1, -0.05) is 47.5 Å². The fourth-order valence-electron chi connectivity index (χ4n) is 2.21. The second kappa shape index (κ2) is 7.46. The molecule has 7 heteroatoms. The van der Waals surface area contributed by atoms with E-state index in [1.54, 1.807) is 24.3 Å². The zero-order valence-corrected chi connectivity index (χ0v) is 14.9. The van der Waals surface area contributed by atoms with Gasteiger partial charge in [0.25, 0.3) is 5.91 Å². The lowest BCUT2D eigenvalue weighted by Crippen LogP contribution is -2.22. The number of aromatic amines is 2. The monoisotopic (exact) mass is 370 g/mol. The van der Waals surface area contributed by atoms with Crippen molar-refractivity contribution in [2.75, 3.05) is 0 Å². The highest BCUT2D eigenvalue weighted by Crippen LogP contribution is 2.20. The molecule has 2 aromatic carbocycles. The zero-order chi connectivity index (χ0) is 17.8. The third-order valence-electron chi connectivity index (χ3n) is 3.52. The second-order valence-electron chi connectivity index (χ2n) is 5.42. The Morgan fingerprint density at radius 1 is 1.16 bits per heavy atom. The average molecular weight is 371 g/mol. The zero-order valence-electron chi connectivity index (χ0n) is 13.3. The molecule has 0 saturated carbocycles. The summed E-state index contributed by atoms with van der Waals surface area (Å²) in [5.74, 6) is 0.172. The van der Waals surface area contributed by atoms with E-state index >= 15 is 0 Å². The lowest BCUT2D eigenvalue weighted by molar-refractivity contribution is 0.0973. The second-order valence-corrected chi connectivity index (χ2v) is 6.21. The molecule has 0 fully saturated rings. The van der Waals surface area contributed by atoms with Crippen molar-refractivity contribution in [1.82, 2.24) is 20.5 Å². The van der Waals surface area contributed by atoms with Crippen LogP contribution in [0.5, 0.6) is 0 Å². The Kier molecular flexibility index (Phi) is 5.11. The highest BCUT2D eigenvalue weighted by atomic mass is 35.5. The predicted molar refractivity (Wildman–Crippen MR) is 102 cm³/mol. The maximum Gasteiger partial charge on any atom is 0.255 e. The van der Waals surface area contributed by atoms with Crippen LogP contribution in [0.3, 0.4) is 0 Å². The summed E-state index contributed by atoms with van der Waals surface area (Å²) in [6.07, 6.45) is 1.75. The summed E-state index contributed by atoms with van der Waals surface area (Å²) in [5.41, 5.74) is 2.85. The first-order valence-electron chi connectivity index (χ1n) is 7.52. The van der Waals surface area contributed by atoms with Crippen LogP contribution >= 0.6 is 23.8 Å². The minimum Gasteiger partial charge on any atom is -0.319 e. The number of aromatic nitrogens is 3. The minimum absolute atomic E-state index is 0.249. The van der Waals surface area contributed by atoms with Crippen molar-refractivity contribution < 1.29 is 4.79 Å². The molecule has 1 amide bonds. The Labute approximate surface area is 154 Å². The van der Waals surface area contributed by atoms with Crippen LogP contribution in [0.25, 0.3) is 11.8 Å². The number of H-pyrrole nitrogens is 2. The fourth-order valence-corrected chi connectivity index (χ4v) is 2.54. The Balaban J connectivity index is 1.97. The van der Waals surface area contributed by atoms with Crippen molar-refractivity contribution in [3.63, 3.8) is 0 Å². The van der Waals surface area contributed by atoms with Crippen LogP contribution < -0.4 is 5.32 Å². The maximum absolute atomic E-state index is 12.6. The van der Waals surface area contributed by atoms with Crippen LogP contribution in [-0.2, 0) is 0 Å². The number of nitrogens with zero attached hydrogens (tertiary/aromatic N) is 1. The molecule has 1 heterocycles. The number of carbonyl (C=O) groups is 1. The number of carbonyl (C=O) groups excluding carboxylic acids is 1. The summed E-state index contributed by atoms with van der Waals surface area (Å²) in [4.78, 5) is 16.7. The molecule has 0 bridgehead atoms. The number of hydrogen-bond donors (Lipinski definition) is 3. The van der Waals surface area contributed by atoms with E-state index in [-0.39, 0.29) is 5.91 Å². The van der Waals surface area contributed by atoms with Crippen LogP contribution in [0, 0.1) is 11.7 Å². The number of benzene rings is 2. The Bertz CT molecular complexity index is 989. The molecule has 0 unspecified atom stereocenters. The minimum atomic E-state index is -0.249. The molecular formula is C18H15ClN4OS. The largest absolute Gasteiger partial charge is 0.319 e. The van der Waals surface area contributed by atoms with Gasteiger partial charge in [-0.25, -0.2) is 0 Å². The van der Waals surface area contributed by atoms with Gasteiger partial charge < -0.3 is 5.32 Å². The fraction of sp³-hybridized carbons (Fsp3) is 0.0556. The highest BCUT2D eigenvalue weighted by molar-refractivity contribution is 7.71. The normalized spacial score (nSPS) is 11.4. The first kappa shape index (κ1) is 17.1. The van der Waals surface area contributed by atoms with Gasteiger partial charge in [-0.3, -0.25) is 15.0 Å². The number of aryl methyl sites for hydroxylation is 1. The lowest BCUT2D eigenvalue weighted by atomic mass is 10.1. The molecule has 0 saturated heterocycles. The van der Waals surface area contributed by atoms with Gasteiger partial charge in [0, 0.05) is 10.6 Å². The molecule has 0 aliphatic carbocycles. The SMILES string of the molecule is Cc1ccc(C(=O)NC(=Cc2ccccc2Cl)c2nc(=S)[nH][nH]2)cc1. The van der Waals surface area contributed by atoms with Crippen molar-refractivity contribution in [3.05, 3.63) is 80.8 Å². The number of nitrogens with one attached hydrogen (secondary N) is 3. The van der Waals surface area contributed by atoms with Crippen molar-refractivity contribution in [3.8, 4) is 0 Å². The van der Waals surface area contributed by atoms with E-state index in [1.807, 2.05) is 37.3 Å². The smallest absolute Gasteiger partial charge is 0.255 e. The lowest BCUT2D eigenvalue weighted by Gasteiger charge is -2.09. The first-order chi connectivity index (χ1) is 12.0. The number of halogens is 1. The molecule has 1 aromatic heterocycles. The molecule has 3 aromatic rings. The molecule has 5 nitrogen and oxygen atoms in total.